The number of non-ortho nitro benzene ring substituents is 1. The van der Waals surface area contributed by atoms with Crippen LogP contribution in [0.5, 0.6) is 0 Å². The molecule has 26 heavy (non-hydrogen) atoms. The van der Waals surface area contributed by atoms with Crippen molar-refractivity contribution in [3.8, 4) is 0 Å². The summed E-state index contributed by atoms with van der Waals surface area (Å²) in [5, 5.41) is 16.3. The molecule has 2 N–H and O–H groups in total. The van der Waals surface area contributed by atoms with Crippen LogP contribution in [-0.4, -0.2) is 30.5 Å². The third kappa shape index (κ3) is 4.56. The van der Waals surface area contributed by atoms with Crippen molar-refractivity contribution >= 4 is 28.9 Å². The summed E-state index contributed by atoms with van der Waals surface area (Å²) in [5.74, 6) is -1.32. The van der Waals surface area contributed by atoms with Crippen molar-refractivity contribution in [2.45, 2.75) is 13.8 Å². The molecule has 8 nitrogen and oxygen atoms in total. The summed E-state index contributed by atoms with van der Waals surface area (Å²) < 4.78 is 5.00. The summed E-state index contributed by atoms with van der Waals surface area (Å²) in [6, 6.07) is 9.40. The van der Waals surface area contributed by atoms with Crippen LogP contribution in [0.3, 0.4) is 0 Å². The number of ether oxygens (including phenoxy) is 1. The number of nitrogens with one attached hydrogen (secondary N) is 2. The number of rotatable bonds is 6. The Hall–Kier alpha value is -3.42. The zero-order valence-corrected chi connectivity index (χ0v) is 14.7. The molecule has 0 atom stereocenters. The van der Waals surface area contributed by atoms with Gasteiger partial charge >= 0.3 is 5.97 Å². The van der Waals surface area contributed by atoms with Gasteiger partial charge in [0.05, 0.1) is 10.5 Å². The molecule has 2 aromatic rings. The van der Waals surface area contributed by atoms with Gasteiger partial charge in [-0.2, -0.15) is 0 Å². The molecule has 2 aromatic carbocycles. The Morgan fingerprint density at radius 2 is 1.85 bits per heavy atom. The van der Waals surface area contributed by atoms with Crippen LogP contribution < -0.4 is 10.6 Å². The second-order valence-electron chi connectivity index (χ2n) is 5.68. The minimum atomic E-state index is -0.825. The Morgan fingerprint density at radius 3 is 2.50 bits per heavy atom. The fraction of sp³-hybridized carbons (Fsp3) is 0.222. The van der Waals surface area contributed by atoms with Crippen molar-refractivity contribution in [2.75, 3.05) is 24.3 Å². The summed E-state index contributed by atoms with van der Waals surface area (Å²) in [4.78, 5) is 34.5. The van der Waals surface area contributed by atoms with Crippen molar-refractivity contribution in [1.29, 1.82) is 0 Å². The van der Waals surface area contributed by atoms with Crippen LogP contribution in [0.25, 0.3) is 0 Å². The van der Waals surface area contributed by atoms with E-state index in [4.69, 9.17) is 4.74 Å². The Labute approximate surface area is 150 Å². The van der Waals surface area contributed by atoms with Crippen molar-refractivity contribution in [2.24, 2.45) is 0 Å². The van der Waals surface area contributed by atoms with Gasteiger partial charge in [0, 0.05) is 30.6 Å². The molecule has 0 aliphatic heterocycles. The number of benzene rings is 2. The fourth-order valence-corrected chi connectivity index (χ4v) is 2.30. The van der Waals surface area contributed by atoms with Crippen molar-refractivity contribution < 1.29 is 19.2 Å². The van der Waals surface area contributed by atoms with E-state index in [1.807, 2.05) is 32.0 Å². The van der Waals surface area contributed by atoms with E-state index in [2.05, 4.69) is 10.6 Å². The number of nitrogens with zero attached hydrogens (tertiary/aromatic N) is 1. The van der Waals surface area contributed by atoms with Gasteiger partial charge in [-0.1, -0.05) is 12.1 Å². The number of hydrogen-bond acceptors (Lipinski definition) is 6. The zero-order chi connectivity index (χ0) is 19.3. The minimum absolute atomic E-state index is 0.0127. The third-order valence-corrected chi connectivity index (χ3v) is 3.70. The summed E-state index contributed by atoms with van der Waals surface area (Å²) >= 11 is 0. The molecule has 0 fully saturated rings. The Bertz CT molecular complexity index is 864. The molecule has 2 rings (SSSR count). The number of carbonyl (C=O) groups excluding carboxylic acids is 2. The SMILES string of the molecule is CNc1ccc([N+](=O)[O-])cc1C(=O)OCC(=O)Nc1cc(C)ccc1C. The number of anilines is 2. The number of nitro benzene ring substituents is 1. The van der Waals surface area contributed by atoms with E-state index in [1.54, 1.807) is 7.05 Å². The fourth-order valence-electron chi connectivity index (χ4n) is 2.30. The van der Waals surface area contributed by atoms with Crippen LogP contribution in [0.2, 0.25) is 0 Å². The van der Waals surface area contributed by atoms with E-state index < -0.39 is 23.4 Å². The van der Waals surface area contributed by atoms with Crippen LogP contribution >= 0.6 is 0 Å². The first kappa shape index (κ1) is 18.9. The van der Waals surface area contributed by atoms with Gasteiger partial charge in [0.15, 0.2) is 6.61 Å². The summed E-state index contributed by atoms with van der Waals surface area (Å²) in [5.41, 5.74) is 2.62. The van der Waals surface area contributed by atoms with E-state index in [-0.39, 0.29) is 11.3 Å². The molecule has 0 heterocycles. The molecule has 0 spiro atoms. The molecule has 0 unspecified atom stereocenters. The lowest BCUT2D eigenvalue weighted by Gasteiger charge is -2.11. The van der Waals surface area contributed by atoms with Gasteiger partial charge < -0.3 is 15.4 Å². The monoisotopic (exact) mass is 357 g/mol. The molecule has 0 aromatic heterocycles. The standard InChI is InChI=1S/C18H19N3O5/c1-11-4-5-12(2)16(8-11)20-17(22)10-26-18(23)14-9-13(21(24)25)6-7-15(14)19-3/h4-9,19H,10H2,1-3H3,(H,20,22). The largest absolute Gasteiger partial charge is 0.452 e. The average molecular weight is 357 g/mol. The summed E-state index contributed by atoms with van der Waals surface area (Å²) in [7, 11) is 1.57. The first-order valence-corrected chi connectivity index (χ1v) is 7.82. The topological polar surface area (TPSA) is 111 Å². The van der Waals surface area contributed by atoms with Crippen LogP contribution in [-0.2, 0) is 9.53 Å². The number of hydrogen-bond donors (Lipinski definition) is 2. The highest BCUT2D eigenvalue weighted by atomic mass is 16.6. The number of carbonyl (C=O) groups is 2. The predicted molar refractivity (Wildman–Crippen MR) is 97.5 cm³/mol. The van der Waals surface area contributed by atoms with E-state index in [0.29, 0.717) is 11.4 Å². The molecule has 0 radical (unpaired) electrons. The van der Waals surface area contributed by atoms with E-state index in [9.17, 15) is 19.7 Å². The average Bonchev–Trinajstić information content (AvgIpc) is 2.62. The second kappa shape index (κ2) is 8.11. The number of esters is 1. The van der Waals surface area contributed by atoms with Gasteiger partial charge in [0.25, 0.3) is 11.6 Å². The van der Waals surface area contributed by atoms with Gasteiger partial charge in [0.1, 0.15) is 0 Å². The lowest BCUT2D eigenvalue weighted by molar-refractivity contribution is -0.384. The number of amides is 1. The van der Waals surface area contributed by atoms with Crippen LogP contribution in [0.4, 0.5) is 17.1 Å². The second-order valence-corrected chi connectivity index (χ2v) is 5.68. The smallest absolute Gasteiger partial charge is 0.341 e. The maximum Gasteiger partial charge on any atom is 0.341 e. The minimum Gasteiger partial charge on any atom is -0.452 e. The first-order valence-electron chi connectivity index (χ1n) is 7.82. The summed E-state index contributed by atoms with van der Waals surface area (Å²) in [6.07, 6.45) is 0. The van der Waals surface area contributed by atoms with Gasteiger partial charge in [0.2, 0.25) is 0 Å². The molecule has 0 saturated heterocycles. The van der Waals surface area contributed by atoms with Gasteiger partial charge in [-0.3, -0.25) is 14.9 Å². The van der Waals surface area contributed by atoms with Gasteiger partial charge in [-0.05, 0) is 37.1 Å². The molecule has 1 amide bonds. The summed E-state index contributed by atoms with van der Waals surface area (Å²) in [6.45, 7) is 3.25. The van der Waals surface area contributed by atoms with Crippen molar-refractivity contribution in [3.05, 3.63) is 63.2 Å². The number of nitro groups is 1. The normalized spacial score (nSPS) is 10.1. The lowest BCUT2D eigenvalue weighted by Crippen LogP contribution is -2.21. The highest BCUT2D eigenvalue weighted by Crippen LogP contribution is 2.22. The highest BCUT2D eigenvalue weighted by Gasteiger charge is 2.18. The molecular weight excluding hydrogens is 338 g/mol. The van der Waals surface area contributed by atoms with Crippen LogP contribution in [0.1, 0.15) is 21.5 Å². The Morgan fingerprint density at radius 1 is 1.12 bits per heavy atom. The quantitative estimate of drug-likeness (QED) is 0.467. The highest BCUT2D eigenvalue weighted by molar-refractivity contribution is 5.99. The Balaban J connectivity index is 2.06. The van der Waals surface area contributed by atoms with Crippen LogP contribution in [0.15, 0.2) is 36.4 Å². The molecule has 8 heteroatoms. The molecule has 0 bridgehead atoms. The van der Waals surface area contributed by atoms with Gasteiger partial charge in [-0.15, -0.1) is 0 Å². The van der Waals surface area contributed by atoms with E-state index >= 15 is 0 Å². The molecule has 0 saturated carbocycles. The zero-order valence-electron chi connectivity index (χ0n) is 14.7. The van der Waals surface area contributed by atoms with Crippen LogP contribution in [0, 0.1) is 24.0 Å². The maximum atomic E-state index is 12.2. The van der Waals surface area contributed by atoms with E-state index in [1.165, 1.54) is 12.1 Å². The van der Waals surface area contributed by atoms with Crippen molar-refractivity contribution in [3.63, 3.8) is 0 Å². The molecule has 0 aliphatic rings. The first-order chi connectivity index (χ1) is 12.3. The van der Waals surface area contributed by atoms with Gasteiger partial charge in [-0.25, -0.2) is 4.79 Å². The number of aryl methyl sites for hydroxylation is 2. The lowest BCUT2D eigenvalue weighted by atomic mass is 10.1. The Kier molecular flexibility index (Phi) is 5.90. The third-order valence-electron chi connectivity index (χ3n) is 3.70. The predicted octanol–water partition coefficient (Wildman–Crippen LogP) is 3.05. The molecule has 136 valence electrons. The molecule has 0 aliphatic carbocycles. The van der Waals surface area contributed by atoms with Crippen molar-refractivity contribution in [1.82, 2.24) is 0 Å². The van der Waals surface area contributed by atoms with E-state index in [0.717, 1.165) is 17.2 Å². The molecular formula is C18H19N3O5. The maximum absolute atomic E-state index is 12.2.